The minimum absolute atomic E-state index is 0.120. The van der Waals surface area contributed by atoms with Crippen molar-refractivity contribution < 1.29 is 23.8 Å². The molecular formula is C18H14FNO4S. The van der Waals surface area contributed by atoms with Crippen LogP contribution in [0, 0.1) is 5.82 Å². The van der Waals surface area contributed by atoms with Crippen LogP contribution in [0.1, 0.15) is 11.1 Å². The topological polar surface area (TPSA) is 66.8 Å². The summed E-state index contributed by atoms with van der Waals surface area (Å²) >= 11 is 0.748. The van der Waals surface area contributed by atoms with Gasteiger partial charge in [0.05, 0.1) is 18.6 Å². The first-order chi connectivity index (χ1) is 12.0. The Morgan fingerprint density at radius 1 is 1.20 bits per heavy atom. The van der Waals surface area contributed by atoms with Crippen LogP contribution in [-0.4, -0.2) is 28.3 Å². The van der Waals surface area contributed by atoms with Gasteiger partial charge in [-0.05, 0) is 30.0 Å². The summed E-state index contributed by atoms with van der Waals surface area (Å²) in [5, 5.41) is 9.62. The van der Waals surface area contributed by atoms with Gasteiger partial charge in [-0.1, -0.05) is 30.3 Å². The van der Waals surface area contributed by atoms with E-state index in [-0.39, 0.29) is 28.5 Å². The number of rotatable bonds is 4. The van der Waals surface area contributed by atoms with Crippen molar-refractivity contribution in [1.29, 1.82) is 0 Å². The number of phenolic OH excluding ortho intramolecular Hbond substituents is 1. The molecule has 1 fully saturated rings. The highest BCUT2D eigenvalue weighted by atomic mass is 32.2. The third kappa shape index (κ3) is 3.36. The minimum Gasteiger partial charge on any atom is -0.504 e. The molecule has 1 aliphatic heterocycles. The number of amides is 2. The molecule has 0 aliphatic carbocycles. The molecule has 1 aliphatic rings. The second kappa shape index (κ2) is 6.98. The van der Waals surface area contributed by atoms with Gasteiger partial charge >= 0.3 is 0 Å². The van der Waals surface area contributed by atoms with Crippen LogP contribution in [0.25, 0.3) is 6.08 Å². The number of aromatic hydroxyl groups is 1. The summed E-state index contributed by atoms with van der Waals surface area (Å²) < 4.78 is 18.8. The molecule has 2 amide bonds. The zero-order valence-electron chi connectivity index (χ0n) is 13.2. The zero-order valence-corrected chi connectivity index (χ0v) is 14.0. The third-order valence-corrected chi connectivity index (χ3v) is 4.60. The average Bonchev–Trinajstić information content (AvgIpc) is 2.86. The Morgan fingerprint density at radius 2 is 1.96 bits per heavy atom. The maximum absolute atomic E-state index is 13.8. The number of thioether (sulfide) groups is 1. The molecule has 1 heterocycles. The molecule has 7 heteroatoms. The van der Waals surface area contributed by atoms with E-state index >= 15 is 0 Å². The second-order valence-corrected chi connectivity index (χ2v) is 6.25. The number of para-hydroxylation sites is 1. The summed E-state index contributed by atoms with van der Waals surface area (Å²) in [5.74, 6) is -0.860. The summed E-state index contributed by atoms with van der Waals surface area (Å²) in [6, 6.07) is 10.8. The van der Waals surface area contributed by atoms with Crippen molar-refractivity contribution in [1.82, 2.24) is 4.90 Å². The van der Waals surface area contributed by atoms with Crippen LogP contribution in [0.3, 0.4) is 0 Å². The molecule has 1 saturated heterocycles. The molecule has 0 radical (unpaired) electrons. The van der Waals surface area contributed by atoms with Crippen LogP contribution in [0.2, 0.25) is 0 Å². The lowest BCUT2D eigenvalue weighted by Crippen LogP contribution is -2.27. The molecule has 128 valence electrons. The SMILES string of the molecule is COc1cccc(/C=C2\SC(=O)N(Cc3ccccc3F)C2=O)c1O. The molecule has 0 bridgehead atoms. The smallest absolute Gasteiger partial charge is 0.293 e. The molecule has 3 rings (SSSR count). The van der Waals surface area contributed by atoms with Crippen molar-refractivity contribution >= 4 is 29.0 Å². The van der Waals surface area contributed by atoms with E-state index in [2.05, 4.69) is 0 Å². The predicted octanol–water partition coefficient (Wildman–Crippen LogP) is 3.78. The Morgan fingerprint density at radius 3 is 2.68 bits per heavy atom. The van der Waals surface area contributed by atoms with Gasteiger partial charge in [-0.2, -0.15) is 0 Å². The van der Waals surface area contributed by atoms with E-state index in [0.29, 0.717) is 5.56 Å². The fourth-order valence-corrected chi connectivity index (χ4v) is 3.22. The van der Waals surface area contributed by atoms with E-state index < -0.39 is 17.0 Å². The van der Waals surface area contributed by atoms with Crippen LogP contribution in [0.15, 0.2) is 47.4 Å². The van der Waals surface area contributed by atoms with Gasteiger partial charge in [0, 0.05) is 11.1 Å². The number of carbonyl (C=O) groups excluding carboxylic acids is 2. The Hall–Kier alpha value is -2.80. The van der Waals surface area contributed by atoms with Crippen LogP contribution in [0.5, 0.6) is 11.5 Å². The number of methoxy groups -OCH3 is 1. The van der Waals surface area contributed by atoms with E-state index in [4.69, 9.17) is 4.74 Å². The van der Waals surface area contributed by atoms with Crippen molar-refractivity contribution in [2.24, 2.45) is 0 Å². The Kier molecular flexibility index (Phi) is 4.76. The number of hydrogen-bond acceptors (Lipinski definition) is 5. The standard InChI is InChI=1S/C18H14FNO4S/c1-24-14-8-4-6-11(16(14)21)9-15-17(22)20(18(23)25-15)10-12-5-2-3-7-13(12)19/h2-9,21H,10H2,1H3/b15-9-. The van der Waals surface area contributed by atoms with E-state index in [9.17, 15) is 19.1 Å². The highest BCUT2D eigenvalue weighted by Crippen LogP contribution is 2.37. The minimum atomic E-state index is -0.527. The van der Waals surface area contributed by atoms with E-state index in [1.54, 1.807) is 24.3 Å². The third-order valence-electron chi connectivity index (χ3n) is 3.70. The van der Waals surface area contributed by atoms with Gasteiger partial charge < -0.3 is 9.84 Å². The Bertz CT molecular complexity index is 881. The molecule has 1 N–H and O–H groups in total. The fourth-order valence-electron chi connectivity index (χ4n) is 2.39. The largest absolute Gasteiger partial charge is 0.504 e. The van der Waals surface area contributed by atoms with Gasteiger partial charge in [-0.25, -0.2) is 4.39 Å². The summed E-state index contributed by atoms with van der Waals surface area (Å²) in [6.45, 7) is -0.140. The number of imide groups is 1. The molecule has 0 saturated carbocycles. The van der Waals surface area contributed by atoms with Crippen LogP contribution in [-0.2, 0) is 11.3 Å². The van der Waals surface area contributed by atoms with Gasteiger partial charge in [0.15, 0.2) is 11.5 Å². The molecule has 2 aromatic rings. The van der Waals surface area contributed by atoms with E-state index in [0.717, 1.165) is 16.7 Å². The first-order valence-electron chi connectivity index (χ1n) is 7.36. The summed E-state index contributed by atoms with van der Waals surface area (Å²) in [6.07, 6.45) is 1.42. The van der Waals surface area contributed by atoms with Gasteiger partial charge in [-0.3, -0.25) is 14.5 Å². The molecule has 0 spiro atoms. The summed E-state index contributed by atoms with van der Waals surface area (Å²) in [7, 11) is 1.42. The maximum Gasteiger partial charge on any atom is 0.293 e. The number of carbonyl (C=O) groups is 2. The number of ether oxygens (including phenoxy) is 1. The Labute approximate surface area is 147 Å². The first kappa shape index (κ1) is 17.0. The van der Waals surface area contributed by atoms with Crippen molar-refractivity contribution in [3.05, 3.63) is 64.3 Å². The highest BCUT2D eigenvalue weighted by Gasteiger charge is 2.35. The van der Waals surface area contributed by atoms with E-state index in [1.165, 1.54) is 31.4 Å². The normalized spacial score (nSPS) is 15.9. The molecule has 0 aromatic heterocycles. The van der Waals surface area contributed by atoms with Crippen molar-refractivity contribution in [3.63, 3.8) is 0 Å². The van der Waals surface area contributed by atoms with Gasteiger partial charge in [0.25, 0.3) is 11.1 Å². The molecular weight excluding hydrogens is 345 g/mol. The lowest BCUT2D eigenvalue weighted by molar-refractivity contribution is -0.123. The molecule has 2 aromatic carbocycles. The quantitative estimate of drug-likeness (QED) is 0.842. The van der Waals surface area contributed by atoms with Crippen molar-refractivity contribution in [3.8, 4) is 11.5 Å². The van der Waals surface area contributed by atoms with Crippen molar-refractivity contribution in [2.45, 2.75) is 6.54 Å². The molecule has 0 unspecified atom stereocenters. The number of halogens is 1. The molecule has 25 heavy (non-hydrogen) atoms. The number of phenols is 1. The molecule has 0 atom stereocenters. The van der Waals surface area contributed by atoms with Gasteiger partial charge in [0.2, 0.25) is 0 Å². The average molecular weight is 359 g/mol. The fraction of sp³-hybridized carbons (Fsp3) is 0.111. The zero-order chi connectivity index (χ0) is 18.0. The van der Waals surface area contributed by atoms with Gasteiger partial charge in [-0.15, -0.1) is 0 Å². The maximum atomic E-state index is 13.8. The predicted molar refractivity (Wildman–Crippen MR) is 92.6 cm³/mol. The lowest BCUT2D eigenvalue weighted by Gasteiger charge is -2.12. The second-order valence-electron chi connectivity index (χ2n) is 5.26. The summed E-state index contributed by atoms with van der Waals surface area (Å²) in [4.78, 5) is 25.7. The summed E-state index contributed by atoms with van der Waals surface area (Å²) in [5.41, 5.74) is 0.617. The van der Waals surface area contributed by atoms with Crippen molar-refractivity contribution in [2.75, 3.05) is 7.11 Å². The number of benzene rings is 2. The van der Waals surface area contributed by atoms with Crippen LogP contribution >= 0.6 is 11.8 Å². The Balaban J connectivity index is 1.88. The molecule has 5 nitrogen and oxygen atoms in total. The first-order valence-corrected chi connectivity index (χ1v) is 8.17. The van der Waals surface area contributed by atoms with Crippen LogP contribution < -0.4 is 4.74 Å². The lowest BCUT2D eigenvalue weighted by atomic mass is 10.1. The van der Waals surface area contributed by atoms with Crippen LogP contribution in [0.4, 0.5) is 9.18 Å². The monoisotopic (exact) mass is 359 g/mol. The number of hydrogen-bond donors (Lipinski definition) is 1. The highest BCUT2D eigenvalue weighted by molar-refractivity contribution is 8.18. The van der Waals surface area contributed by atoms with E-state index in [1.807, 2.05) is 0 Å². The number of nitrogens with zero attached hydrogens (tertiary/aromatic N) is 1. The van der Waals surface area contributed by atoms with Gasteiger partial charge in [0.1, 0.15) is 5.82 Å².